The predicted molar refractivity (Wildman–Crippen MR) is 28.0 cm³/mol. The van der Waals surface area contributed by atoms with Crippen molar-refractivity contribution in [3.05, 3.63) is 0 Å². The molecule has 2 aliphatic heterocycles. The van der Waals surface area contributed by atoms with Gasteiger partial charge in [0.15, 0.2) is 0 Å². The largest absolute Gasteiger partial charge is 0.313 e. The maximum Gasteiger partial charge on any atom is 0.129 e. The Morgan fingerprint density at radius 3 is 2.25 bits per heavy atom. The van der Waals surface area contributed by atoms with Gasteiger partial charge in [-0.1, -0.05) is 0 Å². The molecule has 1 aliphatic carbocycles. The van der Waals surface area contributed by atoms with Gasteiger partial charge in [0.25, 0.3) is 0 Å². The lowest BCUT2D eigenvalue weighted by Crippen LogP contribution is -2.56. The van der Waals surface area contributed by atoms with Crippen LogP contribution in [-0.4, -0.2) is 17.9 Å². The Morgan fingerprint density at radius 2 is 2.12 bits per heavy atom. The molecule has 0 unspecified atom stereocenters. The van der Waals surface area contributed by atoms with Crippen LogP contribution in [0.1, 0.15) is 12.8 Å². The molecular weight excluding hydrogens is 107 g/mol. The quantitative estimate of drug-likeness (QED) is 0.458. The van der Waals surface area contributed by atoms with Crippen LogP contribution in [0.25, 0.3) is 0 Å². The number of hydrogen-bond acceptors (Lipinski definition) is 2. The molecule has 0 atom stereocenters. The van der Waals surface area contributed by atoms with Gasteiger partial charge >= 0.3 is 0 Å². The van der Waals surface area contributed by atoms with Gasteiger partial charge in [-0.05, 0) is 0 Å². The minimum atomic E-state index is -0.936. The lowest BCUT2D eigenvalue weighted by molar-refractivity contribution is 0.0625. The summed E-state index contributed by atoms with van der Waals surface area (Å²) in [6.45, 7) is 0.462. The van der Waals surface area contributed by atoms with Gasteiger partial charge in [0.2, 0.25) is 0 Å². The SMILES string of the molecule is NC12CC(F)(CN1)C2. The van der Waals surface area contributed by atoms with Gasteiger partial charge in [0, 0.05) is 19.4 Å². The molecule has 2 saturated heterocycles. The van der Waals surface area contributed by atoms with Crippen molar-refractivity contribution in [3.8, 4) is 0 Å². The minimum absolute atomic E-state index is 0.325. The van der Waals surface area contributed by atoms with Gasteiger partial charge in [-0.2, -0.15) is 0 Å². The summed E-state index contributed by atoms with van der Waals surface area (Å²) >= 11 is 0. The first-order chi connectivity index (χ1) is 3.62. The second-order valence-corrected chi connectivity index (χ2v) is 3.01. The second kappa shape index (κ2) is 0.933. The van der Waals surface area contributed by atoms with Crippen LogP contribution in [0.4, 0.5) is 4.39 Å². The van der Waals surface area contributed by atoms with Crippen molar-refractivity contribution in [2.24, 2.45) is 5.73 Å². The second-order valence-electron chi connectivity index (χ2n) is 3.01. The number of halogens is 1. The Morgan fingerprint density at radius 1 is 1.50 bits per heavy atom. The zero-order valence-corrected chi connectivity index (χ0v) is 4.58. The highest BCUT2D eigenvalue weighted by Gasteiger charge is 2.59. The van der Waals surface area contributed by atoms with Crippen LogP contribution in [0, 0.1) is 0 Å². The normalized spacial score (nSPS) is 60.8. The fourth-order valence-electron chi connectivity index (χ4n) is 1.66. The summed E-state index contributed by atoms with van der Waals surface area (Å²) in [5, 5.41) is 2.91. The van der Waals surface area contributed by atoms with Gasteiger partial charge in [-0.25, -0.2) is 4.39 Å². The number of nitrogens with one attached hydrogen (secondary N) is 1. The highest BCUT2D eigenvalue weighted by molar-refractivity contribution is 5.15. The monoisotopic (exact) mass is 116 g/mol. The van der Waals surface area contributed by atoms with Crippen molar-refractivity contribution in [2.45, 2.75) is 24.2 Å². The molecule has 0 aromatic rings. The molecule has 1 saturated carbocycles. The van der Waals surface area contributed by atoms with E-state index in [4.69, 9.17) is 5.73 Å². The number of hydrogen-bond donors (Lipinski definition) is 2. The van der Waals surface area contributed by atoms with Crippen LogP contribution in [0.15, 0.2) is 0 Å². The maximum absolute atomic E-state index is 12.8. The summed E-state index contributed by atoms with van der Waals surface area (Å²) < 4.78 is 12.8. The van der Waals surface area contributed by atoms with E-state index in [2.05, 4.69) is 5.32 Å². The topological polar surface area (TPSA) is 38.0 Å². The minimum Gasteiger partial charge on any atom is -0.313 e. The molecule has 3 fully saturated rings. The average molecular weight is 116 g/mol. The number of fused-ring (bicyclic) bond motifs is 1. The molecule has 3 aliphatic rings. The van der Waals surface area contributed by atoms with Crippen molar-refractivity contribution < 1.29 is 4.39 Å². The molecule has 0 aromatic carbocycles. The van der Waals surface area contributed by atoms with Crippen molar-refractivity contribution in [3.63, 3.8) is 0 Å². The van der Waals surface area contributed by atoms with Crippen LogP contribution in [-0.2, 0) is 0 Å². The lowest BCUT2D eigenvalue weighted by Gasteiger charge is -2.37. The fraction of sp³-hybridized carbons (Fsp3) is 1.00. The molecule has 2 bridgehead atoms. The first-order valence-electron chi connectivity index (χ1n) is 2.85. The highest BCUT2D eigenvalue weighted by Crippen LogP contribution is 2.46. The molecular formula is C5H9FN2. The zero-order valence-electron chi connectivity index (χ0n) is 4.58. The molecule has 3 N–H and O–H groups in total. The lowest BCUT2D eigenvalue weighted by atomic mass is 9.78. The van der Waals surface area contributed by atoms with E-state index in [-0.39, 0.29) is 5.66 Å². The summed E-state index contributed by atoms with van der Waals surface area (Å²) in [5.41, 5.74) is 4.32. The Bertz CT molecular complexity index is 114. The standard InChI is InChI=1S/C5H9FN2/c6-4-1-5(7,2-4)8-3-4/h8H,1-3,7H2. The Hall–Kier alpha value is -0.150. The van der Waals surface area contributed by atoms with Crippen molar-refractivity contribution >= 4 is 0 Å². The molecule has 2 heterocycles. The summed E-state index contributed by atoms with van der Waals surface area (Å²) in [7, 11) is 0. The van der Waals surface area contributed by atoms with Crippen molar-refractivity contribution in [1.82, 2.24) is 5.32 Å². The van der Waals surface area contributed by atoms with E-state index in [1.165, 1.54) is 0 Å². The molecule has 3 heteroatoms. The summed E-state index contributed by atoms with van der Waals surface area (Å²) in [5.74, 6) is 0. The van der Waals surface area contributed by atoms with Crippen LogP contribution in [0.5, 0.6) is 0 Å². The van der Waals surface area contributed by atoms with Crippen molar-refractivity contribution in [2.75, 3.05) is 6.54 Å². The molecule has 0 spiro atoms. The van der Waals surface area contributed by atoms with E-state index in [0.29, 0.717) is 19.4 Å². The van der Waals surface area contributed by atoms with E-state index in [1.807, 2.05) is 0 Å². The van der Waals surface area contributed by atoms with E-state index in [1.54, 1.807) is 0 Å². The van der Waals surface area contributed by atoms with Gasteiger partial charge < -0.3 is 5.73 Å². The molecule has 0 radical (unpaired) electrons. The summed E-state index contributed by atoms with van der Waals surface area (Å²) in [6, 6.07) is 0. The third kappa shape index (κ3) is 0.387. The van der Waals surface area contributed by atoms with Crippen LogP contribution in [0.2, 0.25) is 0 Å². The number of alkyl halides is 1. The maximum atomic E-state index is 12.8. The smallest absolute Gasteiger partial charge is 0.129 e. The average Bonchev–Trinajstić information content (AvgIpc) is 1.88. The van der Waals surface area contributed by atoms with Crippen molar-refractivity contribution in [1.29, 1.82) is 0 Å². The third-order valence-electron chi connectivity index (χ3n) is 2.02. The Balaban J connectivity index is 2.22. The van der Waals surface area contributed by atoms with Gasteiger partial charge in [0.1, 0.15) is 5.67 Å². The van der Waals surface area contributed by atoms with E-state index in [9.17, 15) is 4.39 Å². The predicted octanol–water partition coefficient (Wildman–Crippen LogP) is -0.253. The first-order valence-corrected chi connectivity index (χ1v) is 2.85. The third-order valence-corrected chi connectivity index (χ3v) is 2.02. The molecule has 8 heavy (non-hydrogen) atoms. The fourth-order valence-corrected chi connectivity index (χ4v) is 1.66. The molecule has 3 rings (SSSR count). The summed E-state index contributed by atoms with van der Waals surface area (Å²) in [6.07, 6.45) is 1.03. The number of rotatable bonds is 0. The van der Waals surface area contributed by atoms with Gasteiger partial charge in [0.05, 0.1) is 5.66 Å². The molecule has 0 aromatic heterocycles. The molecule has 46 valence electrons. The zero-order chi connectivity index (χ0) is 5.83. The molecule has 2 nitrogen and oxygen atoms in total. The Labute approximate surface area is 47.2 Å². The Kier molecular flexibility index (Phi) is 0.549. The number of nitrogens with two attached hydrogens (primary N) is 1. The van der Waals surface area contributed by atoms with Gasteiger partial charge in [-0.3, -0.25) is 5.32 Å². The van der Waals surface area contributed by atoms with E-state index < -0.39 is 5.67 Å². The van der Waals surface area contributed by atoms with Gasteiger partial charge in [-0.15, -0.1) is 0 Å². The van der Waals surface area contributed by atoms with E-state index >= 15 is 0 Å². The van der Waals surface area contributed by atoms with Crippen LogP contribution in [0.3, 0.4) is 0 Å². The first kappa shape index (κ1) is 4.70. The van der Waals surface area contributed by atoms with E-state index in [0.717, 1.165) is 0 Å². The van der Waals surface area contributed by atoms with Crippen LogP contribution < -0.4 is 11.1 Å². The van der Waals surface area contributed by atoms with Crippen LogP contribution >= 0.6 is 0 Å². The molecule has 0 amide bonds. The summed E-state index contributed by atoms with van der Waals surface area (Å²) in [4.78, 5) is 0. The highest BCUT2D eigenvalue weighted by atomic mass is 19.1.